The van der Waals surface area contributed by atoms with Crippen molar-refractivity contribution in [1.82, 2.24) is 15.2 Å². The Hall–Kier alpha value is -2.20. The molecule has 4 N–H and O–H groups in total. The zero-order valence-corrected chi connectivity index (χ0v) is 24.5. The second kappa shape index (κ2) is 12.1. The van der Waals surface area contributed by atoms with Crippen LogP contribution in [0.4, 0.5) is 5.69 Å². The third kappa shape index (κ3) is 7.43. The fraction of sp³-hybridized carbons (Fsp3) is 0.593. The molecule has 1 unspecified atom stereocenters. The van der Waals surface area contributed by atoms with Gasteiger partial charge in [-0.05, 0) is 81.0 Å². The number of carbonyl (C=O) groups excluding carboxylic acids is 2. The van der Waals surface area contributed by atoms with Gasteiger partial charge in [-0.2, -0.15) is 5.10 Å². The molecule has 8 nitrogen and oxygen atoms in total. The highest BCUT2D eigenvalue weighted by Crippen LogP contribution is 2.52. The van der Waals surface area contributed by atoms with E-state index in [-0.39, 0.29) is 24.2 Å². The van der Waals surface area contributed by atoms with Gasteiger partial charge in [0.15, 0.2) is 0 Å². The minimum absolute atomic E-state index is 0. The molecule has 2 amide bonds. The third-order valence-corrected chi connectivity index (χ3v) is 9.16. The summed E-state index contributed by atoms with van der Waals surface area (Å²) in [6.07, 6.45) is 4.36. The highest BCUT2D eigenvalue weighted by atomic mass is 35.5. The Kier molecular flexibility index (Phi) is 9.61. The first-order valence-electron chi connectivity index (χ1n) is 13.1. The summed E-state index contributed by atoms with van der Waals surface area (Å²) in [6.45, 7) is 12.3. The van der Waals surface area contributed by atoms with E-state index in [9.17, 15) is 9.59 Å². The van der Waals surface area contributed by atoms with Crippen molar-refractivity contribution in [3.8, 4) is 11.1 Å². The second-order valence-electron chi connectivity index (χ2n) is 11.7. The van der Waals surface area contributed by atoms with E-state index in [1.54, 1.807) is 0 Å². The van der Waals surface area contributed by atoms with E-state index in [1.165, 1.54) is 0 Å². The summed E-state index contributed by atoms with van der Waals surface area (Å²) in [4.78, 5) is 25.8. The van der Waals surface area contributed by atoms with Gasteiger partial charge in [-0.3, -0.25) is 15.0 Å². The number of nitrogens with zero attached hydrogens (tertiary/aromatic N) is 2. The molecule has 0 saturated heterocycles. The Morgan fingerprint density at radius 1 is 1.08 bits per heavy atom. The normalized spacial score (nSPS) is 16.3. The Bertz CT molecular complexity index is 1080. The van der Waals surface area contributed by atoms with Crippen LogP contribution in [0.2, 0.25) is 25.7 Å². The van der Waals surface area contributed by atoms with Crippen molar-refractivity contribution in [1.29, 1.82) is 0 Å². The number of nitrogens with one attached hydrogen (secondary N) is 2. The molecule has 0 aliphatic heterocycles. The smallest absolute Gasteiger partial charge is 0.246 e. The van der Waals surface area contributed by atoms with Crippen molar-refractivity contribution in [3.05, 3.63) is 35.7 Å². The summed E-state index contributed by atoms with van der Waals surface area (Å²) in [6, 6.07) is 8.87. The van der Waals surface area contributed by atoms with Crippen LogP contribution in [0, 0.1) is 37.5 Å². The van der Waals surface area contributed by atoms with Crippen LogP contribution in [0.15, 0.2) is 24.3 Å². The molecular formula is C27H42ClN5O3Si. The van der Waals surface area contributed by atoms with Gasteiger partial charge in [0.05, 0.1) is 5.69 Å². The lowest BCUT2D eigenvalue weighted by Gasteiger charge is -2.25. The summed E-state index contributed by atoms with van der Waals surface area (Å²) in [5.41, 5.74) is 6.99. The summed E-state index contributed by atoms with van der Waals surface area (Å²) < 4.78 is 7.82. The van der Waals surface area contributed by atoms with E-state index in [0.29, 0.717) is 24.3 Å². The lowest BCUT2D eigenvalue weighted by molar-refractivity contribution is -0.135. The first-order chi connectivity index (χ1) is 17.1. The molecule has 204 valence electrons. The van der Waals surface area contributed by atoms with Crippen molar-refractivity contribution >= 4 is 38.0 Å². The molecule has 2 saturated carbocycles. The SMILES string of the molecule is Cc1nn(COCC[Si](C)(C)C)c(C)c1-c1ccc(NC(=O)C(C(=O)NN)C(C2CC2)C2CC2)cc1.Cl. The van der Waals surface area contributed by atoms with Gasteiger partial charge in [-0.1, -0.05) is 31.8 Å². The second-order valence-corrected chi connectivity index (χ2v) is 17.3. The van der Waals surface area contributed by atoms with Crippen molar-refractivity contribution < 1.29 is 14.3 Å². The van der Waals surface area contributed by atoms with Gasteiger partial charge in [0.25, 0.3) is 0 Å². The predicted molar refractivity (Wildman–Crippen MR) is 152 cm³/mol. The van der Waals surface area contributed by atoms with Crippen LogP contribution in [0.3, 0.4) is 0 Å². The number of aromatic nitrogens is 2. The lowest BCUT2D eigenvalue weighted by Crippen LogP contribution is -2.46. The maximum atomic E-state index is 13.2. The third-order valence-electron chi connectivity index (χ3n) is 7.46. The van der Waals surface area contributed by atoms with Crippen molar-refractivity contribution in [3.63, 3.8) is 0 Å². The molecule has 2 aliphatic rings. The van der Waals surface area contributed by atoms with Gasteiger partial charge in [-0.15, -0.1) is 12.4 Å². The molecule has 4 rings (SSSR count). The van der Waals surface area contributed by atoms with Gasteiger partial charge < -0.3 is 10.1 Å². The molecule has 1 aromatic carbocycles. The number of anilines is 1. The van der Waals surface area contributed by atoms with Gasteiger partial charge in [0.2, 0.25) is 11.8 Å². The predicted octanol–water partition coefficient (Wildman–Crippen LogP) is 4.88. The van der Waals surface area contributed by atoms with E-state index >= 15 is 0 Å². The monoisotopic (exact) mass is 547 g/mol. The van der Waals surface area contributed by atoms with Crippen LogP contribution in [0.25, 0.3) is 11.1 Å². The summed E-state index contributed by atoms with van der Waals surface area (Å²) in [7, 11) is -1.13. The van der Waals surface area contributed by atoms with Crippen LogP contribution in [-0.2, 0) is 21.1 Å². The minimum atomic E-state index is -1.13. The quantitative estimate of drug-likeness (QED) is 0.0875. The summed E-state index contributed by atoms with van der Waals surface area (Å²) in [5.74, 6) is 5.03. The zero-order chi connectivity index (χ0) is 26.0. The van der Waals surface area contributed by atoms with Crippen molar-refractivity contribution in [2.45, 2.75) is 71.9 Å². The number of hydrogen-bond acceptors (Lipinski definition) is 5. The van der Waals surface area contributed by atoms with Crippen molar-refractivity contribution in [2.75, 3.05) is 11.9 Å². The van der Waals surface area contributed by atoms with E-state index < -0.39 is 19.9 Å². The van der Waals surface area contributed by atoms with Gasteiger partial charge >= 0.3 is 0 Å². The molecular weight excluding hydrogens is 506 g/mol. The molecule has 0 spiro atoms. The number of rotatable bonds is 12. The van der Waals surface area contributed by atoms with E-state index in [2.05, 4.69) is 42.4 Å². The average Bonchev–Trinajstić information content (AvgIpc) is 3.74. The number of aryl methyl sites for hydroxylation is 1. The molecule has 37 heavy (non-hydrogen) atoms. The Morgan fingerprint density at radius 3 is 2.19 bits per heavy atom. The standard InChI is InChI=1S/C27H41N5O3Si.ClH/c1-17-23(18(2)32(31-17)16-35-14-15-36(3,4)5)19-10-12-22(13-11-19)29-26(33)25(27(34)30-28)24(20-6-7-20)21-8-9-21;/h10-13,20-21,24-25H,6-9,14-16,28H2,1-5H3,(H,29,33)(H,30,34);1H. The number of carbonyl (C=O) groups is 2. The number of amides is 2. The maximum Gasteiger partial charge on any atom is 0.246 e. The number of hydrogen-bond donors (Lipinski definition) is 3. The molecule has 0 bridgehead atoms. The van der Waals surface area contributed by atoms with E-state index in [1.807, 2.05) is 35.9 Å². The molecule has 1 aromatic heterocycles. The van der Waals surface area contributed by atoms with Gasteiger partial charge in [0, 0.05) is 31.6 Å². The largest absolute Gasteiger partial charge is 0.360 e. The molecule has 2 aromatic rings. The molecule has 1 atom stereocenters. The minimum Gasteiger partial charge on any atom is -0.360 e. The van der Waals surface area contributed by atoms with Crippen LogP contribution < -0.4 is 16.6 Å². The Labute approximate surface area is 227 Å². The average molecular weight is 548 g/mol. The number of benzene rings is 1. The van der Waals surface area contributed by atoms with E-state index in [0.717, 1.165) is 60.8 Å². The van der Waals surface area contributed by atoms with Gasteiger partial charge in [0.1, 0.15) is 12.6 Å². The summed E-state index contributed by atoms with van der Waals surface area (Å²) >= 11 is 0. The molecule has 0 radical (unpaired) electrons. The molecule has 2 aliphatic carbocycles. The fourth-order valence-corrected chi connectivity index (χ4v) is 5.92. The van der Waals surface area contributed by atoms with Gasteiger partial charge in [-0.25, -0.2) is 10.5 Å². The van der Waals surface area contributed by atoms with Crippen LogP contribution in [0.1, 0.15) is 37.1 Å². The molecule has 2 fully saturated rings. The van der Waals surface area contributed by atoms with Crippen LogP contribution in [0.5, 0.6) is 0 Å². The summed E-state index contributed by atoms with van der Waals surface area (Å²) in [5, 5.41) is 7.65. The highest BCUT2D eigenvalue weighted by molar-refractivity contribution is 6.76. The Balaban J connectivity index is 0.00000380. The number of ether oxygens (including phenoxy) is 1. The van der Waals surface area contributed by atoms with Crippen LogP contribution >= 0.6 is 12.4 Å². The number of nitrogens with two attached hydrogens (primary N) is 1. The molecule has 1 heterocycles. The number of hydrazine groups is 1. The van der Waals surface area contributed by atoms with Crippen LogP contribution in [-0.4, -0.2) is 36.3 Å². The maximum absolute atomic E-state index is 13.2. The van der Waals surface area contributed by atoms with E-state index in [4.69, 9.17) is 10.6 Å². The Morgan fingerprint density at radius 2 is 1.68 bits per heavy atom. The number of halogens is 1. The molecule has 10 heteroatoms. The first-order valence-corrected chi connectivity index (χ1v) is 16.8. The lowest BCUT2D eigenvalue weighted by atomic mass is 9.82. The first kappa shape index (κ1) is 29.4. The van der Waals surface area contributed by atoms with Crippen molar-refractivity contribution in [2.24, 2.45) is 29.5 Å². The zero-order valence-electron chi connectivity index (χ0n) is 22.7. The highest BCUT2D eigenvalue weighted by Gasteiger charge is 2.50. The fourth-order valence-electron chi connectivity index (χ4n) is 5.16. The topological polar surface area (TPSA) is 111 Å².